The van der Waals surface area contributed by atoms with E-state index in [0.29, 0.717) is 9.28 Å². The Morgan fingerprint density at radius 2 is 2.25 bits per heavy atom. The maximum Gasteiger partial charge on any atom is 0.254 e. The van der Waals surface area contributed by atoms with Crippen molar-refractivity contribution in [2.75, 3.05) is 6.54 Å². The van der Waals surface area contributed by atoms with Gasteiger partial charge in [-0.2, -0.15) is 0 Å². The van der Waals surface area contributed by atoms with Gasteiger partial charge in [-0.1, -0.05) is 28.8 Å². The number of carboxylic acids is 1. The van der Waals surface area contributed by atoms with Crippen LogP contribution in [0.4, 0.5) is 8.78 Å². The molecule has 0 spiro atoms. The van der Waals surface area contributed by atoms with Gasteiger partial charge >= 0.3 is 0 Å². The molecule has 0 aromatic heterocycles. The van der Waals surface area contributed by atoms with Crippen LogP contribution in [0.1, 0.15) is 0 Å². The van der Waals surface area contributed by atoms with Crippen molar-refractivity contribution in [2.24, 2.45) is 0 Å². The molecule has 1 aliphatic rings. The molecule has 0 saturated heterocycles. The van der Waals surface area contributed by atoms with Crippen LogP contribution in [0.5, 0.6) is 0 Å². The van der Waals surface area contributed by atoms with Crippen molar-refractivity contribution < 1.29 is 51.4 Å². The molecule has 0 aromatic carbocycles. The summed E-state index contributed by atoms with van der Waals surface area (Å²) >= 11 is 1.84. The molecule has 1 aliphatic heterocycles. The van der Waals surface area contributed by atoms with Crippen molar-refractivity contribution in [3.05, 3.63) is 33.7 Å². The summed E-state index contributed by atoms with van der Waals surface area (Å²) in [5.74, 6) is -1.20. The summed E-state index contributed by atoms with van der Waals surface area (Å²) in [5.41, 5.74) is 0.188. The number of halogens is 3. The van der Waals surface area contributed by atoms with Crippen LogP contribution in [0, 0.1) is 6.20 Å². The third kappa shape index (κ3) is 4.22. The number of carbonyl (C=O) groups is 1. The van der Waals surface area contributed by atoms with Gasteiger partial charge in [-0.05, 0) is 14.8 Å². The summed E-state index contributed by atoms with van der Waals surface area (Å²) in [4.78, 5) is 11.7. The van der Waals surface area contributed by atoms with E-state index < -0.39 is 18.9 Å². The summed E-state index contributed by atoms with van der Waals surface area (Å²) < 4.78 is 24.8. The summed E-state index contributed by atoms with van der Waals surface area (Å²) in [6.07, 6.45) is 1.13. The largest absolute Gasteiger partial charge is 0.521 e. The average molecular weight is 415 g/mol. The second-order valence-corrected chi connectivity index (χ2v) is 3.93. The number of rotatable bonds is 3. The number of hydrogen-bond donors (Lipinski definition) is 1. The predicted molar refractivity (Wildman–Crippen MR) is 58.3 cm³/mol. The molecule has 85 valence electrons. The Morgan fingerprint density at radius 3 is 2.69 bits per heavy atom. The van der Waals surface area contributed by atoms with Crippen LogP contribution in [-0.2, 0) is 37.5 Å². The van der Waals surface area contributed by atoms with Crippen LogP contribution in [0.3, 0.4) is 0 Å². The molecule has 1 radical (unpaired) electrons. The SMILES string of the molecule is C=C1C(I)=CC(C(=O)O)=[C-]N1CC(F)F.[Y]. The van der Waals surface area contributed by atoms with E-state index in [0.717, 1.165) is 4.90 Å². The van der Waals surface area contributed by atoms with Crippen molar-refractivity contribution in [2.45, 2.75) is 6.43 Å². The first-order valence-electron chi connectivity index (χ1n) is 3.91. The van der Waals surface area contributed by atoms with E-state index in [1.165, 1.54) is 6.08 Å². The molecule has 16 heavy (non-hydrogen) atoms. The number of carboxylic acid groups (broad SMARTS) is 1. The fourth-order valence-electron chi connectivity index (χ4n) is 0.988. The van der Waals surface area contributed by atoms with E-state index in [1.807, 2.05) is 22.6 Å². The number of nitrogens with zero attached hydrogens (tertiary/aromatic N) is 1. The molecule has 0 amide bonds. The molecule has 0 unspecified atom stereocenters. The third-order valence-electron chi connectivity index (χ3n) is 1.68. The Bertz CT molecular complexity index is 369. The van der Waals surface area contributed by atoms with Crippen molar-refractivity contribution in [3.8, 4) is 0 Å². The topological polar surface area (TPSA) is 40.5 Å². The normalized spacial score (nSPS) is 15.5. The summed E-state index contributed by atoms with van der Waals surface area (Å²) in [5, 5.41) is 8.70. The minimum Gasteiger partial charge on any atom is -0.521 e. The first-order chi connectivity index (χ1) is 6.91. The van der Waals surface area contributed by atoms with Crippen molar-refractivity contribution in [3.63, 3.8) is 0 Å². The Kier molecular flexibility index (Phi) is 6.89. The van der Waals surface area contributed by atoms with Gasteiger partial charge < -0.3 is 14.8 Å². The minimum absolute atomic E-state index is 0. The van der Waals surface area contributed by atoms with Crippen LogP contribution in [0.25, 0.3) is 0 Å². The molecule has 1 heterocycles. The molecule has 0 bridgehead atoms. The summed E-state index contributed by atoms with van der Waals surface area (Å²) in [7, 11) is 0. The average Bonchev–Trinajstić information content (AvgIpc) is 2.11. The van der Waals surface area contributed by atoms with Gasteiger partial charge in [0.25, 0.3) is 6.43 Å². The first kappa shape index (κ1) is 16.2. The van der Waals surface area contributed by atoms with E-state index in [9.17, 15) is 13.6 Å². The molecule has 0 saturated carbocycles. The zero-order valence-corrected chi connectivity index (χ0v) is 13.1. The monoisotopic (exact) mass is 415 g/mol. The maximum absolute atomic E-state index is 12.1. The fraction of sp³-hybridized carbons (Fsp3) is 0.222. The number of aliphatic carboxylic acids is 1. The van der Waals surface area contributed by atoms with Gasteiger partial charge in [0.1, 0.15) is 0 Å². The molecular formula is C9H7F2INO2Y-. The van der Waals surface area contributed by atoms with Crippen molar-refractivity contribution in [1.82, 2.24) is 4.90 Å². The Hall–Kier alpha value is 0.184. The molecule has 3 nitrogen and oxygen atoms in total. The Morgan fingerprint density at radius 1 is 1.69 bits per heavy atom. The summed E-state index contributed by atoms with van der Waals surface area (Å²) in [6, 6.07) is 0. The van der Waals surface area contributed by atoms with E-state index in [2.05, 4.69) is 12.8 Å². The van der Waals surface area contributed by atoms with Crippen LogP contribution in [0.15, 0.2) is 27.5 Å². The molecule has 0 aliphatic carbocycles. The van der Waals surface area contributed by atoms with Crippen molar-refractivity contribution in [1.29, 1.82) is 0 Å². The quantitative estimate of drug-likeness (QED) is 0.568. The molecule has 1 N–H and O–H groups in total. The number of hydrogen-bond acceptors (Lipinski definition) is 2. The van der Waals surface area contributed by atoms with Gasteiger partial charge in [0.15, 0.2) is 0 Å². The number of alkyl halides is 2. The Labute approximate surface area is 130 Å². The second-order valence-electron chi connectivity index (χ2n) is 2.77. The maximum atomic E-state index is 12.1. The molecule has 7 heteroatoms. The van der Waals surface area contributed by atoms with Gasteiger partial charge in [0.05, 0.1) is 6.54 Å². The summed E-state index contributed by atoms with van der Waals surface area (Å²) in [6.45, 7) is 2.97. The van der Waals surface area contributed by atoms with Crippen LogP contribution in [-0.4, -0.2) is 28.9 Å². The third-order valence-corrected chi connectivity index (χ3v) is 2.61. The fourth-order valence-corrected chi connectivity index (χ4v) is 1.59. The molecule has 0 atom stereocenters. The zero-order chi connectivity index (χ0) is 11.6. The van der Waals surface area contributed by atoms with Gasteiger partial charge in [-0.15, -0.1) is 12.7 Å². The van der Waals surface area contributed by atoms with Gasteiger partial charge in [-0.3, -0.25) is 0 Å². The van der Waals surface area contributed by atoms with E-state index in [4.69, 9.17) is 5.11 Å². The van der Waals surface area contributed by atoms with Gasteiger partial charge in [0.2, 0.25) is 5.97 Å². The predicted octanol–water partition coefficient (Wildman–Crippen LogP) is 2.17. The van der Waals surface area contributed by atoms with Gasteiger partial charge in [0, 0.05) is 32.7 Å². The van der Waals surface area contributed by atoms with E-state index >= 15 is 0 Å². The second kappa shape index (κ2) is 6.81. The standard InChI is InChI=1S/C9H7F2INO2.Y/c1-5-7(12)2-6(9(14)15)3-13(5)4-8(10)11;/h2,8H,1,4H2,(H,14,15);/q-1;. The van der Waals surface area contributed by atoms with Crippen LogP contribution in [0.2, 0.25) is 0 Å². The molecule has 0 aromatic rings. The van der Waals surface area contributed by atoms with Crippen LogP contribution < -0.4 is 0 Å². The van der Waals surface area contributed by atoms with E-state index in [-0.39, 0.29) is 38.3 Å². The van der Waals surface area contributed by atoms with E-state index in [1.54, 1.807) is 0 Å². The molecule has 1 rings (SSSR count). The van der Waals surface area contributed by atoms with Crippen molar-refractivity contribution >= 4 is 28.6 Å². The van der Waals surface area contributed by atoms with Crippen LogP contribution >= 0.6 is 22.6 Å². The molecular weight excluding hydrogens is 408 g/mol. The number of allylic oxidation sites excluding steroid dienone is 1. The first-order valence-corrected chi connectivity index (χ1v) is 4.98. The zero-order valence-electron chi connectivity index (χ0n) is 8.08. The van der Waals surface area contributed by atoms with Gasteiger partial charge in [-0.25, -0.2) is 8.78 Å². The Balaban J connectivity index is 0.00000225. The smallest absolute Gasteiger partial charge is 0.254 e. The minimum atomic E-state index is -2.56. The molecule has 0 fully saturated rings.